The number of benzene rings is 3. The van der Waals surface area contributed by atoms with E-state index in [0.717, 1.165) is 21.1 Å². The molecule has 0 bridgehead atoms. The molecule has 3 aromatic rings. The second-order valence-electron chi connectivity index (χ2n) is 7.48. The zero-order valence-electron chi connectivity index (χ0n) is 17.7. The molecular weight excluding hydrogens is 420 g/mol. The second kappa shape index (κ2) is 9.85. The summed E-state index contributed by atoms with van der Waals surface area (Å²) in [4.78, 5) is 29.7. The van der Waals surface area contributed by atoms with E-state index < -0.39 is 0 Å². The average molecular weight is 445 g/mol. The molecule has 162 valence electrons. The van der Waals surface area contributed by atoms with E-state index in [1.807, 2.05) is 55.5 Å². The predicted octanol–water partition coefficient (Wildman–Crippen LogP) is 5.27. The maximum atomic E-state index is 13.3. The molecule has 0 aromatic heterocycles. The molecule has 2 N–H and O–H groups in total. The summed E-state index contributed by atoms with van der Waals surface area (Å²) in [7, 11) is 0. The van der Waals surface area contributed by atoms with Crippen LogP contribution in [0.2, 0.25) is 0 Å². The first-order valence-electron chi connectivity index (χ1n) is 10.4. The third-order valence-corrected chi connectivity index (χ3v) is 6.48. The number of amides is 2. The minimum Gasteiger partial charge on any atom is -0.396 e. The normalized spacial score (nSPS) is 13.1. The van der Waals surface area contributed by atoms with Gasteiger partial charge in [0.2, 0.25) is 0 Å². The van der Waals surface area contributed by atoms with Crippen LogP contribution in [0, 0.1) is 6.92 Å². The highest BCUT2D eigenvalue weighted by molar-refractivity contribution is 8.03. The number of para-hydroxylation sites is 1. The van der Waals surface area contributed by atoms with Gasteiger partial charge in [-0.25, -0.2) is 0 Å². The summed E-state index contributed by atoms with van der Waals surface area (Å²) in [5.41, 5.74) is 3.55. The van der Waals surface area contributed by atoms with Gasteiger partial charge in [0.05, 0.1) is 5.69 Å². The molecule has 1 heterocycles. The van der Waals surface area contributed by atoms with Gasteiger partial charge < -0.3 is 15.3 Å². The number of aryl methyl sites for hydroxylation is 1. The first-order valence-corrected chi connectivity index (χ1v) is 11.2. The first-order chi connectivity index (χ1) is 15.6. The van der Waals surface area contributed by atoms with E-state index in [4.69, 9.17) is 0 Å². The second-order valence-corrected chi connectivity index (χ2v) is 8.64. The molecule has 2 amide bonds. The Morgan fingerprint density at radius 2 is 1.72 bits per heavy atom. The number of hydrogen-bond acceptors (Lipinski definition) is 4. The Bertz CT molecular complexity index is 1170. The number of carbonyl (C=O) groups is 2. The van der Waals surface area contributed by atoms with E-state index in [2.05, 4.69) is 5.32 Å². The van der Waals surface area contributed by atoms with E-state index in [1.54, 1.807) is 47.0 Å². The number of aliphatic hydroxyl groups is 1. The molecular formula is C26H24N2O3S. The highest BCUT2D eigenvalue weighted by atomic mass is 32.2. The van der Waals surface area contributed by atoms with Gasteiger partial charge in [0.25, 0.3) is 11.8 Å². The van der Waals surface area contributed by atoms with Crippen LogP contribution >= 0.6 is 11.8 Å². The van der Waals surface area contributed by atoms with Gasteiger partial charge in [-0.15, -0.1) is 0 Å². The molecule has 3 aromatic carbocycles. The fourth-order valence-corrected chi connectivity index (χ4v) is 4.64. The number of nitrogens with one attached hydrogen (secondary N) is 1. The minimum atomic E-state index is -0.179. The van der Waals surface area contributed by atoms with Gasteiger partial charge in [-0.05, 0) is 59.9 Å². The fraction of sp³-hybridized carbons (Fsp3) is 0.154. The van der Waals surface area contributed by atoms with E-state index in [0.29, 0.717) is 29.8 Å². The summed E-state index contributed by atoms with van der Waals surface area (Å²) in [6, 6.07) is 22.2. The maximum Gasteiger partial charge on any atom is 0.258 e. The molecule has 0 radical (unpaired) electrons. The molecule has 6 heteroatoms. The molecule has 32 heavy (non-hydrogen) atoms. The van der Waals surface area contributed by atoms with Crippen LogP contribution in [0.1, 0.15) is 32.7 Å². The van der Waals surface area contributed by atoms with Gasteiger partial charge in [0, 0.05) is 41.3 Å². The summed E-state index contributed by atoms with van der Waals surface area (Å²) in [6.07, 6.45) is 2.56. The molecule has 0 fully saturated rings. The number of aliphatic hydroxyl groups excluding tert-OH is 1. The molecule has 1 aliphatic rings. The predicted molar refractivity (Wildman–Crippen MR) is 129 cm³/mol. The summed E-state index contributed by atoms with van der Waals surface area (Å²) < 4.78 is 0. The highest BCUT2D eigenvalue weighted by Gasteiger charge is 2.23. The van der Waals surface area contributed by atoms with Crippen molar-refractivity contribution in [3.8, 4) is 0 Å². The highest BCUT2D eigenvalue weighted by Crippen LogP contribution is 2.39. The lowest BCUT2D eigenvalue weighted by Crippen LogP contribution is -2.31. The maximum absolute atomic E-state index is 13.3. The van der Waals surface area contributed by atoms with Crippen LogP contribution in [0.4, 0.5) is 11.4 Å². The zero-order valence-corrected chi connectivity index (χ0v) is 18.6. The number of carbonyl (C=O) groups excluding carboxylic acids is 2. The number of thioether (sulfide) groups is 1. The molecule has 0 aliphatic carbocycles. The number of fused-ring (bicyclic) bond motifs is 1. The first kappa shape index (κ1) is 21.9. The van der Waals surface area contributed by atoms with Crippen LogP contribution in [0.3, 0.4) is 0 Å². The number of anilines is 2. The van der Waals surface area contributed by atoms with Gasteiger partial charge in [0.1, 0.15) is 0 Å². The molecule has 0 unspecified atom stereocenters. The van der Waals surface area contributed by atoms with Crippen molar-refractivity contribution in [3.05, 3.63) is 100 Å². The molecule has 0 saturated heterocycles. The summed E-state index contributed by atoms with van der Waals surface area (Å²) >= 11 is 1.59. The summed E-state index contributed by atoms with van der Waals surface area (Å²) in [6.45, 7) is 2.41. The lowest BCUT2D eigenvalue weighted by Gasteiger charge is -2.22. The minimum absolute atomic E-state index is 0.0740. The van der Waals surface area contributed by atoms with Crippen LogP contribution in [-0.4, -0.2) is 30.1 Å². The van der Waals surface area contributed by atoms with Crippen LogP contribution in [0.15, 0.2) is 88.7 Å². The molecule has 1 aliphatic heterocycles. The SMILES string of the molecule is Cc1ccccc1C(=O)Nc1ccc(C(=O)N2CC=C(CCO)Sc3ccccc32)cc1. The molecule has 0 atom stereocenters. The van der Waals surface area contributed by atoms with Crippen molar-refractivity contribution in [2.75, 3.05) is 23.4 Å². The molecule has 0 spiro atoms. The topological polar surface area (TPSA) is 69.6 Å². The number of rotatable bonds is 5. The van der Waals surface area contributed by atoms with Crippen LogP contribution in [-0.2, 0) is 0 Å². The van der Waals surface area contributed by atoms with E-state index in [9.17, 15) is 14.7 Å². The standard InChI is InChI=1S/C26H24N2O3S/c1-18-6-2-3-7-22(18)25(30)27-20-12-10-19(11-13-20)26(31)28-16-14-21(15-17-29)32-24-9-5-4-8-23(24)28/h2-14,29H,15-17H2,1H3,(H,27,30). The summed E-state index contributed by atoms with van der Waals surface area (Å²) in [5.74, 6) is -0.293. The van der Waals surface area contributed by atoms with Gasteiger partial charge in [-0.2, -0.15) is 0 Å². The third kappa shape index (κ3) is 4.77. The number of hydrogen-bond donors (Lipinski definition) is 2. The van der Waals surface area contributed by atoms with Crippen molar-refractivity contribution in [2.24, 2.45) is 0 Å². The van der Waals surface area contributed by atoms with E-state index in [-0.39, 0.29) is 18.4 Å². The van der Waals surface area contributed by atoms with Gasteiger partial charge in [-0.1, -0.05) is 48.2 Å². The fourth-order valence-electron chi connectivity index (χ4n) is 3.57. The quantitative estimate of drug-likeness (QED) is 0.563. The van der Waals surface area contributed by atoms with E-state index >= 15 is 0 Å². The van der Waals surface area contributed by atoms with Crippen LogP contribution < -0.4 is 10.2 Å². The molecule has 5 nitrogen and oxygen atoms in total. The van der Waals surface area contributed by atoms with Crippen molar-refractivity contribution in [3.63, 3.8) is 0 Å². The average Bonchev–Trinajstić information content (AvgIpc) is 2.99. The Kier molecular flexibility index (Phi) is 6.73. The smallest absolute Gasteiger partial charge is 0.258 e. The van der Waals surface area contributed by atoms with Crippen molar-refractivity contribution in [1.29, 1.82) is 0 Å². The Hall–Kier alpha value is -3.35. The zero-order chi connectivity index (χ0) is 22.5. The Labute approximate surface area is 191 Å². The lowest BCUT2D eigenvalue weighted by atomic mass is 10.1. The van der Waals surface area contributed by atoms with Crippen molar-refractivity contribution in [1.82, 2.24) is 0 Å². The monoisotopic (exact) mass is 444 g/mol. The van der Waals surface area contributed by atoms with Gasteiger partial charge in [0.15, 0.2) is 0 Å². The van der Waals surface area contributed by atoms with Crippen molar-refractivity contribution >= 4 is 35.0 Å². The third-order valence-electron chi connectivity index (χ3n) is 5.28. The Balaban J connectivity index is 1.53. The van der Waals surface area contributed by atoms with Crippen molar-refractivity contribution in [2.45, 2.75) is 18.2 Å². The van der Waals surface area contributed by atoms with Gasteiger partial charge >= 0.3 is 0 Å². The molecule has 0 saturated carbocycles. The molecule has 4 rings (SSSR count). The van der Waals surface area contributed by atoms with Crippen molar-refractivity contribution < 1.29 is 14.7 Å². The van der Waals surface area contributed by atoms with E-state index in [1.165, 1.54) is 0 Å². The Morgan fingerprint density at radius 3 is 2.47 bits per heavy atom. The lowest BCUT2D eigenvalue weighted by molar-refractivity contribution is 0.0988. The van der Waals surface area contributed by atoms with Crippen LogP contribution in [0.25, 0.3) is 0 Å². The largest absolute Gasteiger partial charge is 0.396 e. The summed E-state index contributed by atoms with van der Waals surface area (Å²) in [5, 5.41) is 12.2. The Morgan fingerprint density at radius 1 is 1.00 bits per heavy atom. The number of nitrogens with zero attached hydrogens (tertiary/aromatic N) is 1. The van der Waals surface area contributed by atoms with Gasteiger partial charge in [-0.3, -0.25) is 9.59 Å². The van der Waals surface area contributed by atoms with Crippen LogP contribution in [0.5, 0.6) is 0 Å².